The number of benzene rings is 2. The topological polar surface area (TPSA) is 62.0 Å². The molecule has 3 aromatic rings. The maximum Gasteiger partial charge on any atom is 0.255 e. The average molecular weight is 332 g/mol. The van der Waals surface area contributed by atoms with Crippen molar-refractivity contribution in [2.24, 2.45) is 0 Å². The first-order chi connectivity index (χ1) is 12.0. The predicted molar refractivity (Wildman–Crippen MR) is 103 cm³/mol. The van der Waals surface area contributed by atoms with E-state index < -0.39 is 0 Å². The first-order valence-corrected chi connectivity index (χ1v) is 8.24. The molecule has 1 aromatic heterocycles. The molecule has 0 unspecified atom stereocenters. The van der Waals surface area contributed by atoms with E-state index in [1.54, 1.807) is 6.07 Å². The number of pyridine rings is 1. The van der Waals surface area contributed by atoms with E-state index >= 15 is 0 Å². The first kappa shape index (κ1) is 16.7. The summed E-state index contributed by atoms with van der Waals surface area (Å²) < 4.78 is 0. The van der Waals surface area contributed by atoms with Gasteiger partial charge in [0.2, 0.25) is 5.91 Å². The van der Waals surface area contributed by atoms with Crippen LogP contribution < -0.4 is 10.9 Å². The molecule has 4 heteroatoms. The summed E-state index contributed by atoms with van der Waals surface area (Å²) in [5.74, 6) is 0.175. The molecule has 0 fully saturated rings. The smallest absolute Gasteiger partial charge is 0.255 e. The third kappa shape index (κ3) is 4.04. The molecule has 0 radical (unpaired) electrons. The van der Waals surface area contributed by atoms with Crippen LogP contribution in [0.4, 0.5) is 5.69 Å². The number of carbonyl (C=O) groups is 1. The van der Waals surface area contributed by atoms with E-state index in [1.165, 1.54) is 17.7 Å². The summed E-state index contributed by atoms with van der Waals surface area (Å²) in [5.41, 5.74) is 2.95. The van der Waals surface area contributed by atoms with Crippen molar-refractivity contribution in [1.29, 1.82) is 0 Å². The Labute approximate surface area is 146 Å². The van der Waals surface area contributed by atoms with Gasteiger partial charge in [-0.25, -0.2) is 0 Å². The van der Waals surface area contributed by atoms with Gasteiger partial charge in [-0.3, -0.25) is 9.59 Å². The molecule has 126 valence electrons. The van der Waals surface area contributed by atoms with E-state index in [9.17, 15) is 9.59 Å². The Balaban J connectivity index is 1.74. The molecular formula is C21H20N2O2. The molecule has 0 aliphatic carbocycles. The minimum absolute atomic E-state index is 0.218. The molecule has 1 heterocycles. The van der Waals surface area contributed by atoms with Crippen LogP contribution in [0.15, 0.2) is 65.5 Å². The zero-order valence-corrected chi connectivity index (χ0v) is 14.2. The van der Waals surface area contributed by atoms with E-state index in [1.807, 2.05) is 48.5 Å². The largest absolute Gasteiger partial charge is 0.323 e. The number of carbonyl (C=O) groups excluding carboxylic acids is 1. The van der Waals surface area contributed by atoms with E-state index in [4.69, 9.17) is 0 Å². The molecule has 1 amide bonds. The standard InChI is InChI=1S/C21H20N2O2/c1-14(2)15-7-10-18(11-8-15)22-20(24)12-9-17-13-16-5-3-4-6-19(16)23-21(17)25/h3-14H,1-2H3,(H,22,24)(H,23,25)/b12-9+. The molecule has 0 saturated heterocycles. The van der Waals surface area contributed by atoms with Crippen molar-refractivity contribution in [3.05, 3.63) is 82.2 Å². The summed E-state index contributed by atoms with van der Waals surface area (Å²) in [4.78, 5) is 26.9. The van der Waals surface area contributed by atoms with Gasteiger partial charge >= 0.3 is 0 Å². The van der Waals surface area contributed by atoms with Crippen LogP contribution in [0, 0.1) is 0 Å². The lowest BCUT2D eigenvalue weighted by Gasteiger charge is -2.07. The lowest BCUT2D eigenvalue weighted by atomic mass is 10.0. The third-order valence-corrected chi connectivity index (χ3v) is 4.04. The number of hydrogen-bond acceptors (Lipinski definition) is 2. The SMILES string of the molecule is CC(C)c1ccc(NC(=O)/C=C/c2cc3ccccc3[nH]c2=O)cc1. The van der Waals surface area contributed by atoms with Crippen LogP contribution in [-0.4, -0.2) is 10.9 Å². The molecule has 2 aromatic carbocycles. The minimum atomic E-state index is -0.273. The van der Waals surface area contributed by atoms with Crippen LogP contribution in [0.2, 0.25) is 0 Å². The monoisotopic (exact) mass is 332 g/mol. The number of H-pyrrole nitrogens is 1. The molecule has 0 atom stereocenters. The van der Waals surface area contributed by atoms with Crippen molar-refractivity contribution in [3.63, 3.8) is 0 Å². The van der Waals surface area contributed by atoms with Gasteiger partial charge in [0.05, 0.1) is 0 Å². The summed E-state index contributed by atoms with van der Waals surface area (Å²) in [7, 11) is 0. The Morgan fingerprint density at radius 3 is 2.52 bits per heavy atom. The number of amides is 1. The summed E-state index contributed by atoms with van der Waals surface area (Å²) in [6.45, 7) is 4.24. The lowest BCUT2D eigenvalue weighted by Crippen LogP contribution is -2.11. The van der Waals surface area contributed by atoms with Gasteiger partial charge in [0.15, 0.2) is 0 Å². The summed E-state index contributed by atoms with van der Waals surface area (Å²) in [6, 6.07) is 17.1. The van der Waals surface area contributed by atoms with Crippen molar-refractivity contribution in [3.8, 4) is 0 Å². The van der Waals surface area contributed by atoms with Crippen LogP contribution in [0.3, 0.4) is 0 Å². The van der Waals surface area contributed by atoms with Gasteiger partial charge in [-0.2, -0.15) is 0 Å². The highest BCUT2D eigenvalue weighted by Gasteiger charge is 2.03. The highest BCUT2D eigenvalue weighted by atomic mass is 16.1. The van der Waals surface area contributed by atoms with Crippen LogP contribution in [0.5, 0.6) is 0 Å². The average Bonchev–Trinajstić information content (AvgIpc) is 2.60. The first-order valence-electron chi connectivity index (χ1n) is 8.24. The quantitative estimate of drug-likeness (QED) is 0.700. The molecule has 0 saturated carbocycles. The molecule has 25 heavy (non-hydrogen) atoms. The zero-order valence-electron chi connectivity index (χ0n) is 14.2. The van der Waals surface area contributed by atoms with Crippen molar-refractivity contribution in [2.75, 3.05) is 5.32 Å². The molecule has 2 N–H and O–H groups in total. The highest BCUT2D eigenvalue weighted by molar-refractivity contribution is 6.02. The van der Waals surface area contributed by atoms with Gasteiger partial charge in [0.25, 0.3) is 5.56 Å². The van der Waals surface area contributed by atoms with Crippen LogP contribution in [0.25, 0.3) is 17.0 Å². The maximum absolute atomic E-state index is 12.1. The Morgan fingerprint density at radius 1 is 1.08 bits per heavy atom. The van der Waals surface area contributed by atoms with Crippen LogP contribution in [-0.2, 0) is 4.79 Å². The summed E-state index contributed by atoms with van der Waals surface area (Å²) in [6.07, 6.45) is 2.90. The summed E-state index contributed by atoms with van der Waals surface area (Å²) in [5, 5.41) is 3.72. The highest BCUT2D eigenvalue weighted by Crippen LogP contribution is 2.17. The Morgan fingerprint density at radius 2 is 1.80 bits per heavy atom. The second-order valence-electron chi connectivity index (χ2n) is 6.24. The number of rotatable bonds is 4. The molecule has 4 nitrogen and oxygen atoms in total. The van der Waals surface area contributed by atoms with E-state index in [2.05, 4.69) is 24.1 Å². The second-order valence-corrected chi connectivity index (χ2v) is 6.24. The van der Waals surface area contributed by atoms with E-state index in [0.29, 0.717) is 11.5 Å². The zero-order chi connectivity index (χ0) is 17.8. The third-order valence-electron chi connectivity index (χ3n) is 4.04. The van der Waals surface area contributed by atoms with Crippen molar-refractivity contribution in [1.82, 2.24) is 4.98 Å². The molecule has 3 rings (SSSR count). The fourth-order valence-corrected chi connectivity index (χ4v) is 2.59. The molecule has 0 bridgehead atoms. The van der Waals surface area contributed by atoms with Crippen molar-refractivity contribution in [2.45, 2.75) is 19.8 Å². The molecule has 0 aliphatic rings. The van der Waals surface area contributed by atoms with E-state index in [0.717, 1.165) is 16.6 Å². The van der Waals surface area contributed by atoms with Crippen molar-refractivity contribution < 1.29 is 4.79 Å². The second kappa shape index (κ2) is 7.18. The maximum atomic E-state index is 12.1. The number of anilines is 1. The predicted octanol–water partition coefficient (Wildman–Crippen LogP) is 4.30. The number of aromatic amines is 1. The van der Waals surface area contributed by atoms with Gasteiger partial charge in [-0.05, 0) is 47.2 Å². The van der Waals surface area contributed by atoms with Gasteiger partial charge < -0.3 is 10.3 Å². The number of aromatic nitrogens is 1. The van der Waals surface area contributed by atoms with Gasteiger partial charge in [-0.1, -0.05) is 44.2 Å². The van der Waals surface area contributed by atoms with Gasteiger partial charge in [0.1, 0.15) is 0 Å². The van der Waals surface area contributed by atoms with E-state index in [-0.39, 0.29) is 11.5 Å². The van der Waals surface area contributed by atoms with Crippen LogP contribution in [0.1, 0.15) is 30.9 Å². The minimum Gasteiger partial charge on any atom is -0.323 e. The normalized spacial score (nSPS) is 11.3. The molecule has 0 aliphatic heterocycles. The number of nitrogens with one attached hydrogen (secondary N) is 2. The molecular weight excluding hydrogens is 312 g/mol. The Kier molecular flexibility index (Phi) is 4.80. The fraction of sp³-hybridized carbons (Fsp3) is 0.143. The number of hydrogen-bond donors (Lipinski definition) is 2. The Bertz CT molecular complexity index is 983. The number of fused-ring (bicyclic) bond motifs is 1. The van der Waals surface area contributed by atoms with Gasteiger partial charge in [-0.15, -0.1) is 0 Å². The Hall–Kier alpha value is -3.14. The van der Waals surface area contributed by atoms with Crippen molar-refractivity contribution >= 4 is 28.6 Å². The van der Waals surface area contributed by atoms with Crippen LogP contribution >= 0.6 is 0 Å². The lowest BCUT2D eigenvalue weighted by molar-refractivity contribution is -0.111. The van der Waals surface area contributed by atoms with Gasteiger partial charge in [0, 0.05) is 22.8 Å². The number of para-hydroxylation sites is 1. The summed E-state index contributed by atoms with van der Waals surface area (Å²) >= 11 is 0. The fourth-order valence-electron chi connectivity index (χ4n) is 2.59. The molecule has 0 spiro atoms.